The van der Waals surface area contributed by atoms with Gasteiger partial charge in [-0.05, 0) is 67.5 Å². The third kappa shape index (κ3) is 6.70. The van der Waals surface area contributed by atoms with Gasteiger partial charge < -0.3 is 10.6 Å². The zero-order valence-corrected chi connectivity index (χ0v) is 18.9. The van der Waals surface area contributed by atoms with Crippen molar-refractivity contribution in [2.45, 2.75) is 44.8 Å². The Balaban J connectivity index is 0.00000289. The van der Waals surface area contributed by atoms with Crippen molar-refractivity contribution < 1.29 is 13.6 Å². The number of benzene rings is 1. The van der Waals surface area contributed by atoms with Crippen molar-refractivity contribution in [2.75, 3.05) is 19.6 Å². The molecule has 5 nitrogen and oxygen atoms in total. The Morgan fingerprint density at radius 1 is 1.25 bits per heavy atom. The number of nitrogens with zero attached hydrogens (tertiary/aromatic N) is 2. The van der Waals surface area contributed by atoms with Crippen molar-refractivity contribution >= 4 is 18.3 Å². The first-order valence-corrected chi connectivity index (χ1v) is 11.1. The Kier molecular flexibility index (Phi) is 8.96. The van der Waals surface area contributed by atoms with Crippen LogP contribution in [0, 0.1) is 23.5 Å². The second kappa shape index (κ2) is 11.7. The van der Waals surface area contributed by atoms with Gasteiger partial charge in [-0.1, -0.05) is 6.07 Å². The first-order valence-electron chi connectivity index (χ1n) is 11.1. The topological polar surface area (TPSA) is 57.3 Å². The van der Waals surface area contributed by atoms with Gasteiger partial charge in [0, 0.05) is 56.6 Å². The number of hydrogen-bond donors (Lipinski definition) is 2. The summed E-state index contributed by atoms with van der Waals surface area (Å²) in [6.45, 7) is 4.15. The lowest BCUT2D eigenvalue weighted by Crippen LogP contribution is -2.55. The third-order valence-corrected chi connectivity index (χ3v) is 6.41. The van der Waals surface area contributed by atoms with E-state index in [1.165, 1.54) is 12.0 Å². The Bertz CT molecular complexity index is 886. The fourth-order valence-electron chi connectivity index (χ4n) is 4.93. The SMILES string of the molecule is Cl.O=C(CCC[C@H]1NC[C@@H]2C[C@H]1CN(Cc1cccnc1)C2)NCc1cc(F)ccc1F. The van der Waals surface area contributed by atoms with Crippen molar-refractivity contribution in [3.8, 4) is 0 Å². The summed E-state index contributed by atoms with van der Waals surface area (Å²) in [4.78, 5) is 18.9. The lowest BCUT2D eigenvalue weighted by molar-refractivity contribution is -0.121. The maximum absolute atomic E-state index is 13.7. The van der Waals surface area contributed by atoms with E-state index in [0.717, 1.165) is 57.2 Å². The highest BCUT2D eigenvalue weighted by molar-refractivity contribution is 5.85. The molecular weight excluding hydrogens is 434 g/mol. The third-order valence-electron chi connectivity index (χ3n) is 6.41. The molecule has 3 atom stereocenters. The molecule has 1 aromatic carbocycles. The number of carbonyl (C=O) groups is 1. The Hall–Kier alpha value is -2.09. The molecule has 0 unspecified atom stereocenters. The van der Waals surface area contributed by atoms with Gasteiger partial charge in [-0.2, -0.15) is 0 Å². The minimum atomic E-state index is -0.504. The predicted octanol–water partition coefficient (Wildman–Crippen LogP) is 3.68. The smallest absolute Gasteiger partial charge is 0.220 e. The zero-order valence-electron chi connectivity index (χ0n) is 18.1. The van der Waals surface area contributed by atoms with Gasteiger partial charge in [0.05, 0.1) is 0 Å². The normalized spacial score (nSPS) is 22.8. The summed E-state index contributed by atoms with van der Waals surface area (Å²) in [6.07, 6.45) is 7.10. The van der Waals surface area contributed by atoms with Gasteiger partial charge in [-0.25, -0.2) is 8.78 Å². The Labute approximate surface area is 194 Å². The molecular formula is C24H31ClF2N4O. The van der Waals surface area contributed by atoms with Crippen molar-refractivity contribution in [1.29, 1.82) is 0 Å². The molecule has 0 aliphatic carbocycles. The fourth-order valence-corrected chi connectivity index (χ4v) is 4.93. The molecule has 1 amide bonds. The number of aromatic nitrogens is 1. The average molecular weight is 465 g/mol. The minimum Gasteiger partial charge on any atom is -0.352 e. The molecule has 8 heteroatoms. The van der Waals surface area contributed by atoms with Crippen LogP contribution in [-0.2, 0) is 17.9 Å². The number of halogens is 3. The molecule has 4 rings (SSSR count). The largest absolute Gasteiger partial charge is 0.352 e. The van der Waals surface area contributed by atoms with Crippen LogP contribution in [0.3, 0.4) is 0 Å². The van der Waals surface area contributed by atoms with Crippen LogP contribution in [-0.4, -0.2) is 41.5 Å². The highest BCUT2D eigenvalue weighted by Crippen LogP contribution is 2.31. The van der Waals surface area contributed by atoms with E-state index in [0.29, 0.717) is 24.3 Å². The van der Waals surface area contributed by atoms with Gasteiger partial charge in [0.25, 0.3) is 0 Å². The molecule has 2 saturated heterocycles. The molecule has 0 saturated carbocycles. The Morgan fingerprint density at radius 3 is 2.94 bits per heavy atom. The van der Waals surface area contributed by atoms with Crippen LogP contribution >= 0.6 is 12.4 Å². The quantitative estimate of drug-likeness (QED) is 0.625. The van der Waals surface area contributed by atoms with E-state index < -0.39 is 11.6 Å². The summed E-state index contributed by atoms with van der Waals surface area (Å²) in [5, 5.41) is 6.39. The maximum atomic E-state index is 13.7. The number of nitrogens with one attached hydrogen (secondary N) is 2. The number of rotatable bonds is 8. The number of pyridine rings is 1. The molecule has 2 N–H and O–H groups in total. The molecule has 2 aliphatic heterocycles. The highest BCUT2D eigenvalue weighted by atomic mass is 35.5. The highest BCUT2D eigenvalue weighted by Gasteiger charge is 2.36. The van der Waals surface area contributed by atoms with Crippen LogP contribution in [0.5, 0.6) is 0 Å². The molecule has 0 radical (unpaired) electrons. The van der Waals surface area contributed by atoms with E-state index >= 15 is 0 Å². The number of amides is 1. The van der Waals surface area contributed by atoms with Crippen molar-refractivity contribution in [3.63, 3.8) is 0 Å². The molecule has 1 aromatic heterocycles. The van der Waals surface area contributed by atoms with Crippen molar-refractivity contribution in [1.82, 2.24) is 20.5 Å². The first-order chi connectivity index (χ1) is 15.1. The molecule has 174 valence electrons. The van der Waals surface area contributed by atoms with Gasteiger partial charge in [0.1, 0.15) is 11.6 Å². The number of hydrogen-bond acceptors (Lipinski definition) is 4. The van der Waals surface area contributed by atoms with Crippen LogP contribution in [0.25, 0.3) is 0 Å². The van der Waals surface area contributed by atoms with E-state index in [1.54, 1.807) is 6.20 Å². The summed E-state index contributed by atoms with van der Waals surface area (Å²) < 4.78 is 26.9. The summed E-state index contributed by atoms with van der Waals surface area (Å²) in [7, 11) is 0. The monoisotopic (exact) mass is 464 g/mol. The average Bonchev–Trinajstić information content (AvgIpc) is 2.76. The summed E-state index contributed by atoms with van der Waals surface area (Å²) in [6, 6.07) is 7.81. The van der Waals surface area contributed by atoms with Crippen LogP contribution in [0.15, 0.2) is 42.7 Å². The fraction of sp³-hybridized carbons (Fsp3) is 0.500. The number of carbonyl (C=O) groups excluding carboxylic acids is 1. The minimum absolute atomic E-state index is 0. The number of likely N-dealkylation sites (tertiary alicyclic amines) is 1. The Morgan fingerprint density at radius 2 is 2.12 bits per heavy atom. The van der Waals surface area contributed by atoms with E-state index in [4.69, 9.17) is 0 Å². The predicted molar refractivity (Wildman–Crippen MR) is 122 cm³/mol. The molecule has 2 fully saturated rings. The molecule has 0 spiro atoms. The lowest BCUT2D eigenvalue weighted by Gasteiger charge is -2.46. The van der Waals surface area contributed by atoms with Gasteiger partial charge in [-0.15, -0.1) is 12.4 Å². The van der Waals surface area contributed by atoms with Gasteiger partial charge >= 0.3 is 0 Å². The van der Waals surface area contributed by atoms with E-state index in [2.05, 4.69) is 26.6 Å². The van der Waals surface area contributed by atoms with E-state index in [1.807, 2.05) is 12.3 Å². The van der Waals surface area contributed by atoms with Crippen LogP contribution < -0.4 is 10.6 Å². The standard InChI is InChI=1S/C24H30F2N4O.ClH/c25-21-6-7-22(26)19(10-21)13-29-24(31)5-1-4-23-20-9-18(12-28-23)15-30(16-20)14-17-3-2-8-27-11-17;/h2-3,6-8,10-11,18,20,23,28H,1,4-5,9,12-16H2,(H,29,31);1H/t18-,20-,23+;/m0./s1. The van der Waals surface area contributed by atoms with Gasteiger partial charge in [0.15, 0.2) is 0 Å². The first kappa shape index (κ1) is 24.6. The summed E-state index contributed by atoms with van der Waals surface area (Å²) in [5.41, 5.74) is 1.42. The molecule has 32 heavy (non-hydrogen) atoms. The molecule has 2 aliphatic rings. The second-order valence-electron chi connectivity index (χ2n) is 8.84. The molecule has 3 heterocycles. The van der Waals surface area contributed by atoms with E-state index in [9.17, 15) is 13.6 Å². The lowest BCUT2D eigenvalue weighted by atomic mass is 9.79. The van der Waals surface area contributed by atoms with Crippen LogP contribution in [0.2, 0.25) is 0 Å². The zero-order chi connectivity index (χ0) is 21.6. The van der Waals surface area contributed by atoms with Gasteiger partial charge in [-0.3, -0.25) is 14.7 Å². The number of fused-ring (bicyclic) bond motifs is 2. The van der Waals surface area contributed by atoms with E-state index in [-0.39, 0.29) is 30.4 Å². The van der Waals surface area contributed by atoms with Gasteiger partial charge in [0.2, 0.25) is 5.91 Å². The summed E-state index contributed by atoms with van der Waals surface area (Å²) >= 11 is 0. The maximum Gasteiger partial charge on any atom is 0.220 e. The second-order valence-corrected chi connectivity index (χ2v) is 8.84. The van der Waals surface area contributed by atoms with Crippen LogP contribution in [0.4, 0.5) is 8.78 Å². The van der Waals surface area contributed by atoms with Crippen molar-refractivity contribution in [2.24, 2.45) is 11.8 Å². The summed E-state index contributed by atoms with van der Waals surface area (Å²) in [5.74, 6) is 0.136. The van der Waals surface area contributed by atoms with Crippen molar-refractivity contribution in [3.05, 3.63) is 65.5 Å². The number of piperidine rings is 2. The molecule has 2 bridgehead atoms. The van der Waals surface area contributed by atoms with Crippen LogP contribution in [0.1, 0.15) is 36.8 Å². The molecule has 2 aromatic rings.